The van der Waals surface area contributed by atoms with Gasteiger partial charge in [0.25, 0.3) is 22.2 Å². The van der Waals surface area contributed by atoms with Crippen LogP contribution in [0.2, 0.25) is 0 Å². The third-order valence-corrected chi connectivity index (χ3v) is 8.10. The van der Waals surface area contributed by atoms with Crippen LogP contribution in [0.5, 0.6) is 0 Å². The van der Waals surface area contributed by atoms with Gasteiger partial charge in [0.15, 0.2) is 0 Å². The van der Waals surface area contributed by atoms with E-state index >= 15 is 0 Å². The first-order valence-corrected chi connectivity index (χ1v) is 13.5. The van der Waals surface area contributed by atoms with E-state index in [2.05, 4.69) is 8.83 Å². The Morgan fingerprint density at radius 2 is 0.644 bits per heavy atom. The maximum atomic E-state index is 13.1. The average Bonchev–Trinajstić information content (AvgIpc) is 3.66. The van der Waals surface area contributed by atoms with E-state index in [1.165, 1.54) is 24.3 Å². The van der Waals surface area contributed by atoms with Crippen LogP contribution in [0.1, 0.15) is 11.1 Å². The van der Waals surface area contributed by atoms with E-state index in [1.807, 2.05) is 0 Å². The van der Waals surface area contributed by atoms with Crippen LogP contribution in [-0.4, -0.2) is 9.13 Å². The number of hydrogen-bond acceptors (Lipinski definition) is 10. The molecule has 8 aromatic rings. The van der Waals surface area contributed by atoms with Crippen LogP contribution >= 0.6 is 0 Å². The fourth-order valence-corrected chi connectivity index (χ4v) is 5.87. The SMILES string of the molecule is O=c1oc(=O)c2cc3c(=O)n(-c4ccc(Cc5ccc(-n6c(=O)c7cc8c(=O)oc(=O)c8cc7c6=O)cc5)cc4)c(=O)c3cc12. The van der Waals surface area contributed by atoms with Gasteiger partial charge in [-0.05, 0) is 66.1 Å². The van der Waals surface area contributed by atoms with Crippen molar-refractivity contribution in [2.75, 3.05) is 0 Å². The summed E-state index contributed by atoms with van der Waals surface area (Å²) in [7, 11) is 0. The number of aromatic nitrogens is 2. The van der Waals surface area contributed by atoms with Crippen LogP contribution in [-0.2, 0) is 6.42 Å². The molecule has 216 valence electrons. The van der Waals surface area contributed by atoms with Crippen LogP contribution in [0.25, 0.3) is 54.5 Å². The minimum absolute atomic E-state index is 0.00715. The van der Waals surface area contributed by atoms with Gasteiger partial charge in [-0.2, -0.15) is 0 Å². The van der Waals surface area contributed by atoms with Gasteiger partial charge in [-0.15, -0.1) is 0 Å². The number of hydrogen-bond donors (Lipinski definition) is 0. The quantitative estimate of drug-likeness (QED) is 0.287. The highest BCUT2D eigenvalue weighted by molar-refractivity contribution is 5.98. The highest BCUT2D eigenvalue weighted by Crippen LogP contribution is 2.19. The maximum Gasteiger partial charge on any atom is 0.346 e. The Labute approximate surface area is 245 Å². The Bertz CT molecular complexity index is 2640. The standard InChI is InChI=1S/C33H14N2O10/c36-26-18-10-22-23(31(41)44-30(22)40)11-19(18)27(37)34(26)16-5-1-14(2-6-16)9-15-3-7-17(8-4-15)35-28(38)20-12-24-25(13-21(20)29(35)39)33(43)45-32(24)42/h1-8,10-13H,9H2. The number of benzene rings is 4. The average molecular weight is 598 g/mol. The summed E-state index contributed by atoms with van der Waals surface area (Å²) >= 11 is 0. The fourth-order valence-electron chi connectivity index (χ4n) is 5.87. The van der Waals surface area contributed by atoms with Crippen molar-refractivity contribution in [2.45, 2.75) is 6.42 Å². The normalized spacial score (nSPS) is 11.9. The van der Waals surface area contributed by atoms with E-state index in [0.29, 0.717) is 17.8 Å². The Kier molecular flexibility index (Phi) is 5.20. The number of fused-ring (bicyclic) bond motifs is 4. The molecule has 0 aliphatic heterocycles. The maximum absolute atomic E-state index is 13.1. The summed E-state index contributed by atoms with van der Waals surface area (Å²) < 4.78 is 11.1. The number of rotatable bonds is 4. The Hall–Kier alpha value is -6.56. The molecule has 0 N–H and O–H groups in total. The molecule has 0 saturated heterocycles. The molecule has 12 heteroatoms. The summed E-state index contributed by atoms with van der Waals surface area (Å²) in [4.78, 5) is 100. The molecular formula is C33H14N2O10. The van der Waals surface area contributed by atoms with Gasteiger partial charge in [-0.25, -0.2) is 28.3 Å². The fraction of sp³-hybridized carbons (Fsp3) is 0.0303. The van der Waals surface area contributed by atoms with Gasteiger partial charge in [0.1, 0.15) is 0 Å². The van der Waals surface area contributed by atoms with Crippen LogP contribution in [0.15, 0.2) is 120 Å². The molecule has 0 radical (unpaired) electrons. The van der Waals surface area contributed by atoms with Crippen LogP contribution in [0, 0.1) is 0 Å². The molecule has 4 aromatic heterocycles. The van der Waals surface area contributed by atoms with Crippen LogP contribution < -0.4 is 44.7 Å². The first kappa shape index (κ1) is 26.1. The first-order valence-electron chi connectivity index (χ1n) is 13.5. The van der Waals surface area contributed by atoms with Crippen molar-refractivity contribution in [3.8, 4) is 11.4 Å². The van der Waals surface area contributed by atoms with E-state index in [9.17, 15) is 38.4 Å². The van der Waals surface area contributed by atoms with Crippen LogP contribution in [0.3, 0.4) is 0 Å². The monoisotopic (exact) mass is 598 g/mol. The van der Waals surface area contributed by atoms with Crippen molar-refractivity contribution in [3.05, 3.63) is 167 Å². The molecule has 0 aliphatic carbocycles. The summed E-state index contributed by atoms with van der Waals surface area (Å²) in [6.07, 6.45) is 0.443. The highest BCUT2D eigenvalue weighted by Gasteiger charge is 2.20. The van der Waals surface area contributed by atoms with Gasteiger partial charge in [-0.1, -0.05) is 24.3 Å². The van der Waals surface area contributed by atoms with Gasteiger partial charge in [0.05, 0.1) is 54.5 Å². The second-order valence-corrected chi connectivity index (χ2v) is 10.6. The lowest BCUT2D eigenvalue weighted by Crippen LogP contribution is -2.23. The van der Waals surface area contributed by atoms with Gasteiger partial charge in [0.2, 0.25) is 0 Å². The molecule has 0 amide bonds. The largest absolute Gasteiger partial charge is 0.386 e. The lowest BCUT2D eigenvalue weighted by molar-refractivity contribution is 0.499. The minimum Gasteiger partial charge on any atom is -0.386 e. The molecule has 0 atom stereocenters. The molecule has 0 fully saturated rings. The minimum atomic E-state index is -0.869. The summed E-state index contributed by atoms with van der Waals surface area (Å²) in [5.74, 6) is 0. The van der Waals surface area contributed by atoms with E-state index in [4.69, 9.17) is 0 Å². The second-order valence-electron chi connectivity index (χ2n) is 10.6. The molecule has 0 aliphatic rings. The van der Waals surface area contributed by atoms with E-state index < -0.39 is 44.7 Å². The lowest BCUT2D eigenvalue weighted by atomic mass is 10.0. The highest BCUT2D eigenvalue weighted by atomic mass is 16.4. The zero-order chi connectivity index (χ0) is 31.3. The van der Waals surface area contributed by atoms with Crippen molar-refractivity contribution < 1.29 is 8.83 Å². The molecule has 4 aromatic carbocycles. The molecular weight excluding hydrogens is 584 g/mol. The van der Waals surface area contributed by atoms with Crippen LogP contribution in [0.4, 0.5) is 0 Å². The first-order chi connectivity index (χ1) is 21.6. The zero-order valence-corrected chi connectivity index (χ0v) is 22.6. The molecule has 0 unspecified atom stereocenters. The zero-order valence-electron chi connectivity index (χ0n) is 22.6. The summed E-state index contributed by atoms with van der Waals surface area (Å²) in [5, 5.41) is -0.203. The summed E-state index contributed by atoms with van der Waals surface area (Å²) in [6.45, 7) is 0. The number of furan rings is 2. The van der Waals surface area contributed by atoms with Crippen molar-refractivity contribution in [1.82, 2.24) is 9.13 Å². The Morgan fingerprint density at radius 3 is 0.911 bits per heavy atom. The third kappa shape index (κ3) is 3.65. The molecule has 12 nitrogen and oxygen atoms in total. The molecule has 0 bridgehead atoms. The molecule has 0 spiro atoms. The van der Waals surface area contributed by atoms with Gasteiger partial charge >= 0.3 is 22.5 Å². The van der Waals surface area contributed by atoms with E-state index in [0.717, 1.165) is 20.3 Å². The van der Waals surface area contributed by atoms with E-state index in [1.54, 1.807) is 48.5 Å². The topological polar surface area (TPSA) is 173 Å². The van der Waals surface area contributed by atoms with Crippen molar-refractivity contribution in [3.63, 3.8) is 0 Å². The van der Waals surface area contributed by atoms with Gasteiger partial charge < -0.3 is 8.83 Å². The molecule has 0 saturated carbocycles. The lowest BCUT2D eigenvalue weighted by Gasteiger charge is -2.06. The summed E-state index contributed by atoms with van der Waals surface area (Å²) in [5.41, 5.74) is -3.70. The second kappa shape index (κ2) is 8.97. The van der Waals surface area contributed by atoms with Crippen molar-refractivity contribution in [2.24, 2.45) is 0 Å². The smallest absolute Gasteiger partial charge is 0.346 e. The van der Waals surface area contributed by atoms with Gasteiger partial charge in [0, 0.05) is 0 Å². The summed E-state index contributed by atoms with van der Waals surface area (Å²) in [6, 6.07) is 18.2. The molecule has 8 rings (SSSR count). The third-order valence-electron chi connectivity index (χ3n) is 8.10. The van der Waals surface area contributed by atoms with E-state index in [-0.39, 0.29) is 43.1 Å². The predicted octanol–water partition coefficient (Wildman–Crippen LogP) is 1.29. The van der Waals surface area contributed by atoms with Crippen molar-refractivity contribution in [1.29, 1.82) is 0 Å². The Balaban J connectivity index is 1.10. The van der Waals surface area contributed by atoms with Gasteiger partial charge in [-0.3, -0.25) is 19.2 Å². The number of nitrogens with zero attached hydrogens (tertiary/aromatic N) is 2. The predicted molar refractivity (Wildman–Crippen MR) is 164 cm³/mol. The Morgan fingerprint density at radius 1 is 0.378 bits per heavy atom. The molecule has 4 heterocycles. The molecule has 45 heavy (non-hydrogen) atoms. The van der Waals surface area contributed by atoms with Crippen molar-refractivity contribution >= 4 is 43.1 Å².